The summed E-state index contributed by atoms with van der Waals surface area (Å²) in [6.07, 6.45) is 7.05. The standard InChI is InChI=1S/C17H19NO3/c1-20-14-9-7-12-8-10-16(19)17(15(12)11-14)21-18-13-5-3-2-4-6-13/h2-7,9,11-12,15,17-18H,8,10H2,1H3. The van der Waals surface area contributed by atoms with Crippen LogP contribution in [0.25, 0.3) is 0 Å². The Morgan fingerprint density at radius 3 is 2.81 bits per heavy atom. The lowest BCUT2D eigenvalue weighted by Crippen LogP contribution is -2.42. The molecule has 1 fully saturated rings. The topological polar surface area (TPSA) is 47.6 Å². The Kier molecular flexibility index (Phi) is 4.06. The zero-order valence-electron chi connectivity index (χ0n) is 12.0. The molecule has 3 unspecified atom stereocenters. The van der Waals surface area contributed by atoms with E-state index >= 15 is 0 Å². The molecule has 0 radical (unpaired) electrons. The van der Waals surface area contributed by atoms with E-state index in [1.807, 2.05) is 42.5 Å². The fourth-order valence-electron chi connectivity index (χ4n) is 2.90. The van der Waals surface area contributed by atoms with E-state index in [-0.39, 0.29) is 11.7 Å². The molecule has 4 nitrogen and oxygen atoms in total. The molecule has 110 valence electrons. The van der Waals surface area contributed by atoms with Gasteiger partial charge in [-0.05, 0) is 36.6 Å². The van der Waals surface area contributed by atoms with Crippen molar-refractivity contribution in [3.05, 3.63) is 54.3 Å². The van der Waals surface area contributed by atoms with E-state index in [9.17, 15) is 4.79 Å². The van der Waals surface area contributed by atoms with Gasteiger partial charge in [-0.1, -0.05) is 24.3 Å². The third-order valence-corrected chi connectivity index (χ3v) is 4.06. The summed E-state index contributed by atoms with van der Waals surface area (Å²) in [6, 6.07) is 9.59. The summed E-state index contributed by atoms with van der Waals surface area (Å²) in [6.45, 7) is 0. The number of rotatable bonds is 4. The van der Waals surface area contributed by atoms with Crippen molar-refractivity contribution in [2.24, 2.45) is 11.8 Å². The molecule has 0 aromatic heterocycles. The summed E-state index contributed by atoms with van der Waals surface area (Å²) in [4.78, 5) is 17.9. The van der Waals surface area contributed by atoms with Gasteiger partial charge in [0.15, 0.2) is 11.9 Å². The van der Waals surface area contributed by atoms with Gasteiger partial charge in [0.05, 0.1) is 12.8 Å². The number of anilines is 1. The Hall–Kier alpha value is -2.07. The van der Waals surface area contributed by atoms with Crippen molar-refractivity contribution in [2.45, 2.75) is 18.9 Å². The fourth-order valence-corrected chi connectivity index (χ4v) is 2.90. The van der Waals surface area contributed by atoms with E-state index < -0.39 is 6.10 Å². The minimum atomic E-state index is -0.473. The number of carbonyl (C=O) groups is 1. The highest BCUT2D eigenvalue weighted by Crippen LogP contribution is 2.36. The van der Waals surface area contributed by atoms with E-state index in [1.54, 1.807) is 7.11 Å². The van der Waals surface area contributed by atoms with E-state index in [4.69, 9.17) is 9.57 Å². The van der Waals surface area contributed by atoms with Gasteiger partial charge in [0, 0.05) is 12.3 Å². The first-order chi connectivity index (χ1) is 10.3. The van der Waals surface area contributed by atoms with Gasteiger partial charge < -0.3 is 4.74 Å². The molecule has 1 aromatic carbocycles. The summed E-state index contributed by atoms with van der Waals surface area (Å²) >= 11 is 0. The van der Waals surface area contributed by atoms with Crippen LogP contribution in [0.2, 0.25) is 0 Å². The zero-order chi connectivity index (χ0) is 14.7. The lowest BCUT2D eigenvalue weighted by atomic mass is 9.74. The molecular weight excluding hydrogens is 266 g/mol. The summed E-state index contributed by atoms with van der Waals surface area (Å²) < 4.78 is 5.27. The number of allylic oxidation sites excluding steroid dienone is 2. The molecule has 3 atom stereocenters. The van der Waals surface area contributed by atoms with Gasteiger partial charge >= 0.3 is 0 Å². The number of ketones is 1. The Bertz CT molecular complexity index is 565. The highest BCUT2D eigenvalue weighted by Gasteiger charge is 2.39. The summed E-state index contributed by atoms with van der Waals surface area (Å²) in [5.41, 5.74) is 3.74. The minimum Gasteiger partial charge on any atom is -0.497 e. The molecule has 1 N–H and O–H groups in total. The van der Waals surface area contributed by atoms with Crippen LogP contribution in [0.4, 0.5) is 5.69 Å². The highest BCUT2D eigenvalue weighted by atomic mass is 16.7. The molecular formula is C17H19NO3. The number of benzene rings is 1. The van der Waals surface area contributed by atoms with Crippen LogP contribution in [-0.4, -0.2) is 19.0 Å². The van der Waals surface area contributed by atoms with Crippen molar-refractivity contribution >= 4 is 11.5 Å². The Morgan fingerprint density at radius 2 is 2.05 bits per heavy atom. The predicted molar refractivity (Wildman–Crippen MR) is 80.4 cm³/mol. The summed E-state index contributed by atoms with van der Waals surface area (Å²) in [5.74, 6) is 1.30. The third kappa shape index (κ3) is 3.00. The number of para-hydroxylation sites is 1. The van der Waals surface area contributed by atoms with Gasteiger partial charge in [-0.25, -0.2) is 0 Å². The van der Waals surface area contributed by atoms with Gasteiger partial charge in [0.25, 0.3) is 0 Å². The van der Waals surface area contributed by atoms with Crippen molar-refractivity contribution in [2.75, 3.05) is 12.6 Å². The van der Waals surface area contributed by atoms with Crippen LogP contribution in [0, 0.1) is 11.8 Å². The molecule has 4 heteroatoms. The largest absolute Gasteiger partial charge is 0.497 e. The number of carbonyl (C=O) groups excluding carboxylic acids is 1. The van der Waals surface area contributed by atoms with Crippen LogP contribution in [0.15, 0.2) is 54.3 Å². The van der Waals surface area contributed by atoms with Crippen molar-refractivity contribution < 1.29 is 14.4 Å². The molecule has 0 aliphatic heterocycles. The van der Waals surface area contributed by atoms with Crippen molar-refractivity contribution in [1.82, 2.24) is 0 Å². The molecule has 0 amide bonds. The number of methoxy groups -OCH3 is 1. The average molecular weight is 285 g/mol. The Labute approximate surface area is 124 Å². The number of fused-ring (bicyclic) bond motifs is 1. The maximum absolute atomic E-state index is 12.2. The second kappa shape index (κ2) is 6.14. The van der Waals surface area contributed by atoms with Gasteiger partial charge in [0.1, 0.15) is 5.76 Å². The highest BCUT2D eigenvalue weighted by molar-refractivity contribution is 5.85. The molecule has 21 heavy (non-hydrogen) atoms. The SMILES string of the molecule is COC1=CC2C(C=C1)CCC(=O)C2ONc1ccccc1. The summed E-state index contributed by atoms with van der Waals surface area (Å²) in [5, 5.41) is 0. The van der Waals surface area contributed by atoms with E-state index in [0.717, 1.165) is 17.9 Å². The van der Waals surface area contributed by atoms with E-state index in [0.29, 0.717) is 12.3 Å². The molecule has 0 heterocycles. The quantitative estimate of drug-likeness (QED) is 0.864. The molecule has 1 saturated carbocycles. The first kappa shape index (κ1) is 13.9. The van der Waals surface area contributed by atoms with Crippen LogP contribution in [0.3, 0.4) is 0 Å². The molecule has 1 aromatic rings. The number of Topliss-reactive ketones (excluding diaryl/α,β-unsaturated/α-hetero) is 1. The molecule has 0 bridgehead atoms. The lowest BCUT2D eigenvalue weighted by Gasteiger charge is -2.35. The van der Waals surface area contributed by atoms with Crippen molar-refractivity contribution in [3.8, 4) is 0 Å². The maximum atomic E-state index is 12.2. The molecule has 0 spiro atoms. The fraction of sp³-hybridized carbons (Fsp3) is 0.353. The predicted octanol–water partition coefficient (Wildman–Crippen LogP) is 3.09. The van der Waals surface area contributed by atoms with Crippen LogP contribution >= 0.6 is 0 Å². The van der Waals surface area contributed by atoms with Crippen LogP contribution in [-0.2, 0) is 14.4 Å². The number of ether oxygens (including phenoxy) is 1. The van der Waals surface area contributed by atoms with E-state index in [2.05, 4.69) is 11.6 Å². The van der Waals surface area contributed by atoms with Crippen molar-refractivity contribution in [1.29, 1.82) is 0 Å². The molecule has 3 rings (SSSR count). The van der Waals surface area contributed by atoms with Gasteiger partial charge in [-0.2, -0.15) is 0 Å². The first-order valence-electron chi connectivity index (χ1n) is 7.21. The van der Waals surface area contributed by atoms with E-state index in [1.165, 1.54) is 0 Å². The lowest BCUT2D eigenvalue weighted by molar-refractivity contribution is -0.135. The Morgan fingerprint density at radius 1 is 1.24 bits per heavy atom. The average Bonchev–Trinajstić information content (AvgIpc) is 2.54. The van der Waals surface area contributed by atoms with Crippen LogP contribution in [0.1, 0.15) is 12.8 Å². The number of hydrogen-bond acceptors (Lipinski definition) is 4. The second-order valence-electron chi connectivity index (χ2n) is 5.39. The third-order valence-electron chi connectivity index (χ3n) is 4.06. The molecule has 2 aliphatic carbocycles. The molecule has 2 aliphatic rings. The van der Waals surface area contributed by atoms with Crippen LogP contribution in [0.5, 0.6) is 0 Å². The second-order valence-corrected chi connectivity index (χ2v) is 5.39. The molecule has 0 saturated heterocycles. The smallest absolute Gasteiger partial charge is 0.164 e. The first-order valence-corrected chi connectivity index (χ1v) is 7.21. The monoisotopic (exact) mass is 285 g/mol. The van der Waals surface area contributed by atoms with Gasteiger partial charge in [-0.15, -0.1) is 0 Å². The number of nitrogens with one attached hydrogen (secondary N) is 1. The zero-order valence-corrected chi connectivity index (χ0v) is 12.0. The van der Waals surface area contributed by atoms with Gasteiger partial charge in [0.2, 0.25) is 0 Å². The maximum Gasteiger partial charge on any atom is 0.164 e. The van der Waals surface area contributed by atoms with Crippen molar-refractivity contribution in [3.63, 3.8) is 0 Å². The number of hydrogen-bond donors (Lipinski definition) is 1. The Balaban J connectivity index is 1.73. The van der Waals surface area contributed by atoms with Crippen LogP contribution < -0.4 is 5.48 Å². The normalized spacial score (nSPS) is 27.8. The van der Waals surface area contributed by atoms with Gasteiger partial charge in [-0.3, -0.25) is 15.1 Å². The summed E-state index contributed by atoms with van der Waals surface area (Å²) in [7, 11) is 1.64. The minimum absolute atomic E-state index is 0.0300.